The molecule has 0 spiro atoms. The zero-order valence-electron chi connectivity index (χ0n) is 18.8. The molecule has 0 aliphatic carbocycles. The molecule has 0 atom stereocenters. The van der Waals surface area contributed by atoms with Crippen LogP contribution < -0.4 is 19.9 Å². The van der Waals surface area contributed by atoms with E-state index in [4.69, 9.17) is 4.74 Å². The van der Waals surface area contributed by atoms with Crippen molar-refractivity contribution in [1.82, 2.24) is 0 Å². The van der Waals surface area contributed by atoms with Gasteiger partial charge in [-0.2, -0.15) is 0 Å². The molecule has 9 heteroatoms. The van der Waals surface area contributed by atoms with E-state index in [-0.39, 0.29) is 36.5 Å². The van der Waals surface area contributed by atoms with Gasteiger partial charge in [0.2, 0.25) is 5.91 Å². The van der Waals surface area contributed by atoms with E-state index >= 15 is 0 Å². The van der Waals surface area contributed by atoms with Crippen LogP contribution in [-0.2, 0) is 9.59 Å². The number of amides is 2. The van der Waals surface area contributed by atoms with Crippen molar-refractivity contribution in [2.24, 2.45) is 0 Å². The summed E-state index contributed by atoms with van der Waals surface area (Å²) >= 11 is 0. The summed E-state index contributed by atoms with van der Waals surface area (Å²) in [6.07, 6.45) is 0. The highest BCUT2D eigenvalue weighted by Gasteiger charge is 2.31. The molecule has 174 valence electrons. The fourth-order valence-corrected chi connectivity index (χ4v) is 3.81. The summed E-state index contributed by atoms with van der Waals surface area (Å²) in [6, 6.07) is 21.0. The largest absolute Gasteiger partial charge is 0.482 e. The Balaban J connectivity index is 1.56. The van der Waals surface area contributed by atoms with Crippen LogP contribution in [-0.4, -0.2) is 35.9 Å². The summed E-state index contributed by atoms with van der Waals surface area (Å²) < 4.78 is 5.39. The van der Waals surface area contributed by atoms with E-state index < -0.39 is 10.8 Å². The first-order valence-electron chi connectivity index (χ1n) is 10.8. The summed E-state index contributed by atoms with van der Waals surface area (Å²) in [5.74, 6) is -0.427. The Morgan fingerprint density at radius 1 is 1.09 bits per heavy atom. The Kier molecular flexibility index (Phi) is 6.44. The molecule has 0 radical (unpaired) electrons. The van der Waals surface area contributed by atoms with Gasteiger partial charge in [0.15, 0.2) is 6.61 Å². The Hall–Kier alpha value is -4.40. The van der Waals surface area contributed by atoms with E-state index in [1.807, 2.05) is 68.4 Å². The number of carbonyl (C=O) groups is 2. The van der Waals surface area contributed by atoms with Crippen molar-refractivity contribution >= 4 is 40.3 Å². The minimum Gasteiger partial charge on any atom is -0.482 e. The monoisotopic (exact) mass is 460 g/mol. The quantitative estimate of drug-likeness (QED) is 0.411. The number of ether oxygens (including phenoxy) is 1. The van der Waals surface area contributed by atoms with Gasteiger partial charge in [-0.15, -0.1) is 0 Å². The number of carbonyl (C=O) groups excluding carboxylic acids is 2. The predicted molar refractivity (Wildman–Crippen MR) is 130 cm³/mol. The van der Waals surface area contributed by atoms with Crippen LogP contribution in [0.1, 0.15) is 13.8 Å². The number of hydrogen-bond donors (Lipinski definition) is 1. The molecule has 0 aromatic heterocycles. The van der Waals surface area contributed by atoms with Gasteiger partial charge in [-0.25, -0.2) is 0 Å². The number of nitrogens with zero attached hydrogens (tertiary/aromatic N) is 3. The molecule has 0 bridgehead atoms. The highest BCUT2D eigenvalue weighted by molar-refractivity contribution is 6.06. The lowest BCUT2D eigenvalue weighted by Gasteiger charge is -2.32. The fraction of sp³-hybridized carbons (Fsp3) is 0.200. The van der Waals surface area contributed by atoms with Gasteiger partial charge in [-0.1, -0.05) is 18.2 Å². The molecule has 1 heterocycles. The lowest BCUT2D eigenvalue weighted by Crippen LogP contribution is -2.48. The van der Waals surface area contributed by atoms with Crippen molar-refractivity contribution in [2.75, 3.05) is 28.3 Å². The Labute approximate surface area is 196 Å². The van der Waals surface area contributed by atoms with Crippen molar-refractivity contribution < 1.29 is 19.2 Å². The number of nitrogens with one attached hydrogen (secondary N) is 1. The zero-order valence-corrected chi connectivity index (χ0v) is 18.8. The Morgan fingerprint density at radius 3 is 2.41 bits per heavy atom. The van der Waals surface area contributed by atoms with Crippen LogP contribution in [0.25, 0.3) is 0 Å². The third kappa shape index (κ3) is 4.83. The topological polar surface area (TPSA) is 105 Å². The van der Waals surface area contributed by atoms with Crippen LogP contribution >= 0.6 is 0 Å². The van der Waals surface area contributed by atoms with Gasteiger partial charge in [0, 0.05) is 35.2 Å². The zero-order chi connectivity index (χ0) is 24.2. The number of para-hydroxylation sites is 1. The SMILES string of the molecule is CC(C)N(C(=O)CN1C(=O)COc2ccc([N+](=O)[O-])cc21)c1ccc(Nc2ccccc2)cc1. The van der Waals surface area contributed by atoms with Gasteiger partial charge < -0.3 is 15.0 Å². The highest BCUT2D eigenvalue weighted by Crippen LogP contribution is 2.35. The third-order valence-corrected chi connectivity index (χ3v) is 5.38. The summed E-state index contributed by atoms with van der Waals surface area (Å²) in [5, 5.41) is 14.5. The van der Waals surface area contributed by atoms with Gasteiger partial charge in [-0.05, 0) is 56.3 Å². The van der Waals surface area contributed by atoms with Crippen LogP contribution in [0.15, 0.2) is 72.8 Å². The summed E-state index contributed by atoms with van der Waals surface area (Å²) in [5.41, 5.74) is 2.53. The number of non-ortho nitro benzene ring substituents is 1. The molecule has 1 aliphatic heterocycles. The Bertz CT molecular complexity index is 1210. The maximum Gasteiger partial charge on any atom is 0.271 e. The molecule has 0 saturated heterocycles. The second-order valence-corrected chi connectivity index (χ2v) is 8.07. The van der Waals surface area contributed by atoms with Crippen molar-refractivity contribution in [1.29, 1.82) is 0 Å². The van der Waals surface area contributed by atoms with E-state index in [2.05, 4.69) is 5.32 Å². The van der Waals surface area contributed by atoms with E-state index in [1.54, 1.807) is 4.90 Å². The van der Waals surface area contributed by atoms with Crippen LogP contribution in [0.4, 0.5) is 28.4 Å². The average Bonchev–Trinajstić information content (AvgIpc) is 2.82. The molecular formula is C25H24N4O5. The van der Waals surface area contributed by atoms with Crippen molar-refractivity contribution in [3.05, 3.63) is 82.9 Å². The molecule has 3 aromatic rings. The summed E-state index contributed by atoms with van der Waals surface area (Å²) in [4.78, 5) is 39.4. The molecule has 0 saturated carbocycles. The molecule has 3 aromatic carbocycles. The van der Waals surface area contributed by atoms with Gasteiger partial charge in [0.1, 0.15) is 12.3 Å². The average molecular weight is 460 g/mol. The number of benzene rings is 3. The van der Waals surface area contributed by atoms with Crippen LogP contribution in [0.2, 0.25) is 0 Å². The minimum atomic E-state index is -0.551. The summed E-state index contributed by atoms with van der Waals surface area (Å²) in [7, 11) is 0. The van der Waals surface area contributed by atoms with E-state index in [1.165, 1.54) is 23.1 Å². The van der Waals surface area contributed by atoms with E-state index in [0.29, 0.717) is 11.4 Å². The van der Waals surface area contributed by atoms with E-state index in [0.717, 1.165) is 11.4 Å². The van der Waals surface area contributed by atoms with Gasteiger partial charge in [0.25, 0.3) is 11.6 Å². The lowest BCUT2D eigenvalue weighted by molar-refractivity contribution is -0.384. The molecule has 0 unspecified atom stereocenters. The Morgan fingerprint density at radius 2 is 1.76 bits per heavy atom. The predicted octanol–water partition coefficient (Wildman–Crippen LogP) is 4.51. The lowest BCUT2D eigenvalue weighted by atomic mass is 10.2. The maximum absolute atomic E-state index is 13.3. The highest BCUT2D eigenvalue weighted by atomic mass is 16.6. The molecule has 9 nitrogen and oxygen atoms in total. The van der Waals surface area contributed by atoms with Crippen molar-refractivity contribution in [3.8, 4) is 5.75 Å². The number of anilines is 4. The molecule has 4 rings (SSSR count). The number of nitro benzene ring substituents is 1. The van der Waals surface area contributed by atoms with E-state index in [9.17, 15) is 19.7 Å². The van der Waals surface area contributed by atoms with Gasteiger partial charge in [-0.3, -0.25) is 24.6 Å². The number of rotatable bonds is 7. The van der Waals surface area contributed by atoms with Crippen molar-refractivity contribution in [3.63, 3.8) is 0 Å². The van der Waals surface area contributed by atoms with Crippen LogP contribution in [0.5, 0.6) is 5.75 Å². The molecule has 34 heavy (non-hydrogen) atoms. The number of fused-ring (bicyclic) bond motifs is 1. The molecule has 1 aliphatic rings. The normalized spacial score (nSPS) is 12.7. The second kappa shape index (κ2) is 9.62. The molecular weight excluding hydrogens is 436 g/mol. The smallest absolute Gasteiger partial charge is 0.271 e. The van der Waals surface area contributed by atoms with Crippen LogP contribution in [0.3, 0.4) is 0 Å². The molecule has 0 fully saturated rings. The first-order valence-corrected chi connectivity index (χ1v) is 10.8. The fourth-order valence-electron chi connectivity index (χ4n) is 3.81. The second-order valence-electron chi connectivity index (χ2n) is 8.07. The standard InChI is InChI=1S/C25H24N4O5/c1-17(2)28(20-10-8-19(9-11-20)26-18-6-4-3-5-7-18)24(30)15-27-22-14-21(29(32)33)12-13-23(22)34-16-25(27)31/h3-14,17,26H,15-16H2,1-2H3. The molecule has 1 N–H and O–H groups in total. The molecule has 2 amide bonds. The third-order valence-electron chi connectivity index (χ3n) is 5.38. The van der Waals surface area contributed by atoms with Crippen LogP contribution in [0, 0.1) is 10.1 Å². The number of hydrogen-bond acceptors (Lipinski definition) is 6. The summed E-state index contributed by atoms with van der Waals surface area (Å²) in [6.45, 7) is 3.26. The first-order chi connectivity index (χ1) is 16.3. The first kappa shape index (κ1) is 22.8. The number of nitro groups is 1. The van der Waals surface area contributed by atoms with Gasteiger partial charge >= 0.3 is 0 Å². The van der Waals surface area contributed by atoms with Crippen molar-refractivity contribution in [2.45, 2.75) is 19.9 Å². The van der Waals surface area contributed by atoms with Gasteiger partial charge in [0.05, 0.1) is 10.6 Å². The minimum absolute atomic E-state index is 0.179. The maximum atomic E-state index is 13.3.